The van der Waals surface area contributed by atoms with Crippen LogP contribution in [0.5, 0.6) is 0 Å². The summed E-state index contributed by atoms with van der Waals surface area (Å²) in [7, 11) is 0. The van der Waals surface area contributed by atoms with Crippen LogP contribution in [-0.2, 0) is 0 Å². The van der Waals surface area contributed by atoms with E-state index in [0.29, 0.717) is 0 Å². The quantitative estimate of drug-likeness (QED) is 0.100. The van der Waals surface area contributed by atoms with E-state index in [2.05, 4.69) is 343 Å². The second-order valence-electron chi connectivity index (χ2n) is 23.6. The van der Waals surface area contributed by atoms with Crippen LogP contribution in [-0.4, -0.2) is 0 Å². The van der Waals surface area contributed by atoms with Crippen LogP contribution in [0.25, 0.3) is 99.1 Å². The summed E-state index contributed by atoms with van der Waals surface area (Å²) < 4.78 is 0. The van der Waals surface area contributed by atoms with Crippen LogP contribution in [0.1, 0.15) is 61.8 Å². The Bertz CT molecular complexity index is 4440. The Labute approximate surface area is 506 Å². The van der Waals surface area contributed by atoms with Gasteiger partial charge in [-0.3, -0.25) is 0 Å². The van der Waals surface area contributed by atoms with E-state index < -0.39 is 0 Å². The summed E-state index contributed by atoms with van der Waals surface area (Å²) in [4.78, 5) is 5.28. The lowest BCUT2D eigenvalue weighted by Crippen LogP contribution is -2.16. The van der Waals surface area contributed by atoms with Crippen LogP contribution in [0.15, 0.2) is 291 Å². The van der Waals surface area contributed by atoms with Crippen LogP contribution in [0.3, 0.4) is 0 Å². The monoisotopic (exact) mass is 1100 g/mol. The van der Waals surface area contributed by atoms with Crippen LogP contribution < -0.4 is 9.80 Å². The van der Waals surface area contributed by atoms with E-state index in [1.807, 2.05) is 0 Å². The highest BCUT2D eigenvalue weighted by Crippen LogP contribution is 2.56. The number of para-hydroxylation sites is 2. The number of nitrogens with zero attached hydrogens (tertiary/aromatic N) is 2. The Morgan fingerprint density at radius 1 is 0.233 bits per heavy atom. The molecule has 14 rings (SSSR count). The number of anilines is 6. The third kappa shape index (κ3) is 9.58. The van der Waals surface area contributed by atoms with Crippen molar-refractivity contribution in [1.82, 2.24) is 0 Å². The average Bonchev–Trinajstić information content (AvgIpc) is 0.828. The van der Waals surface area contributed by atoms with Crippen LogP contribution >= 0.6 is 0 Å². The van der Waals surface area contributed by atoms with Crippen LogP contribution in [0, 0.1) is 13.8 Å². The zero-order valence-electron chi connectivity index (χ0n) is 49.8. The van der Waals surface area contributed by atoms with Gasteiger partial charge in [-0.1, -0.05) is 295 Å². The standard InChI is InChI=1S/C84H68N2/c1-55(2)75-53-79(85(83-57(5)27-25-41-69(83)63-37-21-11-22-38-63)77-51-65(59-29-13-7-14-30-59)43-45-67(77)61-33-17-9-18-34-61)73-50-48-72-76(56(3)4)54-80(74-49-47-71(75)81(73)82(72)74)86(84-58(6)28-26-42-70(84)64-39-23-12-24-40-64)78-52-66(60-31-15-8-16-32-60)44-46-68(78)62-35-19-10-20-36-62/h7-56H,1-6H3. The molecule has 0 radical (unpaired) electrons. The molecule has 0 aromatic heterocycles. The SMILES string of the molecule is Cc1cccc(-c2ccccc2)c1N(c1cc(-c2ccccc2)ccc1-c1ccccc1)c1cc(C(C)C)c2ccc3c(N(c4cc(-c5ccccc5)ccc4-c4ccccc4)c4c(C)cccc4-c4ccccc4)cc(C(C)C)c4ccc1c2c43. The van der Waals surface area contributed by atoms with Gasteiger partial charge < -0.3 is 9.80 Å². The fourth-order valence-electron chi connectivity index (χ4n) is 13.5. The smallest absolute Gasteiger partial charge is 0.0569 e. The van der Waals surface area contributed by atoms with E-state index in [-0.39, 0.29) is 11.8 Å². The molecule has 2 heteroatoms. The van der Waals surface area contributed by atoms with Gasteiger partial charge in [-0.05, 0) is 138 Å². The van der Waals surface area contributed by atoms with Crippen molar-refractivity contribution in [3.63, 3.8) is 0 Å². The highest BCUT2D eigenvalue weighted by Gasteiger charge is 2.31. The molecular formula is C84H68N2. The van der Waals surface area contributed by atoms with E-state index in [9.17, 15) is 0 Å². The van der Waals surface area contributed by atoms with Crippen molar-refractivity contribution in [3.05, 3.63) is 313 Å². The van der Waals surface area contributed by atoms with E-state index in [1.54, 1.807) is 0 Å². The molecule has 0 saturated carbocycles. The van der Waals surface area contributed by atoms with Gasteiger partial charge in [-0.25, -0.2) is 0 Å². The first-order valence-electron chi connectivity index (χ1n) is 30.4. The Kier molecular flexibility index (Phi) is 14.2. The highest BCUT2D eigenvalue weighted by atomic mass is 15.2. The van der Waals surface area contributed by atoms with Crippen molar-refractivity contribution in [3.8, 4) is 66.8 Å². The normalized spacial score (nSPS) is 11.6. The van der Waals surface area contributed by atoms with Crippen molar-refractivity contribution < 1.29 is 0 Å². The maximum absolute atomic E-state index is 2.64. The minimum absolute atomic E-state index is 0.185. The van der Waals surface area contributed by atoms with E-state index in [0.717, 1.165) is 67.5 Å². The van der Waals surface area contributed by atoms with Crippen molar-refractivity contribution in [2.75, 3.05) is 9.80 Å². The highest BCUT2D eigenvalue weighted by molar-refractivity contribution is 6.30. The van der Waals surface area contributed by atoms with E-state index >= 15 is 0 Å². The summed E-state index contributed by atoms with van der Waals surface area (Å²) in [5, 5.41) is 7.51. The summed E-state index contributed by atoms with van der Waals surface area (Å²) in [6.07, 6.45) is 0. The summed E-state index contributed by atoms with van der Waals surface area (Å²) in [5.41, 5.74) is 25.8. The van der Waals surface area contributed by atoms with Crippen LogP contribution in [0.2, 0.25) is 0 Å². The van der Waals surface area contributed by atoms with Gasteiger partial charge in [0.2, 0.25) is 0 Å². The molecule has 0 fully saturated rings. The first kappa shape index (κ1) is 53.7. The maximum atomic E-state index is 2.64. The molecule has 0 N–H and O–H groups in total. The first-order chi connectivity index (χ1) is 42.2. The van der Waals surface area contributed by atoms with E-state index in [1.165, 1.54) is 88.0 Å². The second kappa shape index (κ2) is 22.7. The molecule has 0 saturated heterocycles. The molecule has 2 nitrogen and oxygen atoms in total. The molecule has 0 unspecified atom stereocenters. The van der Waals surface area contributed by atoms with Gasteiger partial charge in [0.1, 0.15) is 0 Å². The Hall–Kier alpha value is -10.3. The molecule has 414 valence electrons. The predicted octanol–water partition coefficient (Wildman–Crippen LogP) is 24.4. The molecule has 0 aliphatic rings. The fraction of sp³-hybridized carbons (Fsp3) is 0.0952. The third-order valence-corrected chi connectivity index (χ3v) is 17.6. The number of rotatable bonds is 14. The Balaban J connectivity index is 1.15. The number of hydrogen-bond donors (Lipinski definition) is 0. The molecule has 0 atom stereocenters. The van der Waals surface area contributed by atoms with Gasteiger partial charge in [0.05, 0.1) is 34.1 Å². The molecule has 14 aromatic rings. The lowest BCUT2D eigenvalue weighted by molar-refractivity contribution is 0.875. The van der Waals surface area contributed by atoms with Crippen molar-refractivity contribution >= 4 is 66.4 Å². The molecule has 0 heterocycles. The second-order valence-corrected chi connectivity index (χ2v) is 23.6. The maximum Gasteiger partial charge on any atom is 0.0569 e. The van der Waals surface area contributed by atoms with Gasteiger partial charge in [0.15, 0.2) is 0 Å². The Morgan fingerprint density at radius 3 is 0.860 bits per heavy atom. The summed E-state index contributed by atoms with van der Waals surface area (Å²) in [5.74, 6) is 0.370. The van der Waals surface area contributed by atoms with Gasteiger partial charge in [0, 0.05) is 33.0 Å². The average molecular weight is 1110 g/mol. The topological polar surface area (TPSA) is 6.48 Å². The van der Waals surface area contributed by atoms with Gasteiger partial charge in [-0.2, -0.15) is 0 Å². The Morgan fingerprint density at radius 2 is 0.535 bits per heavy atom. The zero-order chi connectivity index (χ0) is 58.4. The summed E-state index contributed by atoms with van der Waals surface area (Å²) in [6.45, 7) is 14.1. The number of hydrogen-bond acceptors (Lipinski definition) is 2. The molecule has 0 bridgehead atoms. The van der Waals surface area contributed by atoms with Crippen molar-refractivity contribution in [2.24, 2.45) is 0 Å². The molecular weight excluding hydrogens is 1040 g/mol. The molecule has 86 heavy (non-hydrogen) atoms. The molecule has 0 amide bonds. The van der Waals surface area contributed by atoms with Crippen LogP contribution in [0.4, 0.5) is 34.1 Å². The minimum atomic E-state index is 0.185. The van der Waals surface area contributed by atoms with Crippen molar-refractivity contribution in [2.45, 2.75) is 53.4 Å². The molecule has 0 spiro atoms. The molecule has 14 aromatic carbocycles. The number of aryl methyl sites for hydroxylation is 2. The fourth-order valence-corrected chi connectivity index (χ4v) is 13.5. The summed E-state index contributed by atoms with van der Waals surface area (Å²) in [6, 6.07) is 108. The largest absolute Gasteiger partial charge is 0.308 e. The van der Waals surface area contributed by atoms with Gasteiger partial charge in [-0.15, -0.1) is 0 Å². The zero-order valence-corrected chi connectivity index (χ0v) is 49.8. The van der Waals surface area contributed by atoms with Gasteiger partial charge in [0.25, 0.3) is 0 Å². The predicted molar refractivity (Wildman–Crippen MR) is 370 cm³/mol. The molecule has 0 aliphatic heterocycles. The van der Waals surface area contributed by atoms with E-state index in [4.69, 9.17) is 0 Å². The molecule has 0 aliphatic carbocycles. The lowest BCUT2D eigenvalue weighted by atomic mass is 9.83. The summed E-state index contributed by atoms with van der Waals surface area (Å²) >= 11 is 0. The number of benzene rings is 14. The lowest BCUT2D eigenvalue weighted by Gasteiger charge is -2.35. The first-order valence-corrected chi connectivity index (χ1v) is 30.4. The minimum Gasteiger partial charge on any atom is -0.308 e. The van der Waals surface area contributed by atoms with Crippen molar-refractivity contribution in [1.29, 1.82) is 0 Å². The third-order valence-electron chi connectivity index (χ3n) is 17.6. The van der Waals surface area contributed by atoms with Gasteiger partial charge >= 0.3 is 0 Å².